The molecule has 0 bridgehead atoms. The summed E-state index contributed by atoms with van der Waals surface area (Å²) in [6.07, 6.45) is 1.57. The molecule has 5 rings (SSSR count). The van der Waals surface area contributed by atoms with Crippen LogP contribution in [0.25, 0.3) is 22.4 Å². The zero-order chi connectivity index (χ0) is 25.4. The van der Waals surface area contributed by atoms with E-state index in [9.17, 15) is 18.3 Å². The van der Waals surface area contributed by atoms with Gasteiger partial charge in [0, 0.05) is 29.7 Å². The number of hydrogen-bond acceptors (Lipinski definition) is 7. The van der Waals surface area contributed by atoms with Crippen LogP contribution in [-0.4, -0.2) is 35.7 Å². The number of halogens is 3. The van der Waals surface area contributed by atoms with Crippen molar-refractivity contribution in [3.05, 3.63) is 71.8 Å². The van der Waals surface area contributed by atoms with Crippen molar-refractivity contribution in [2.24, 2.45) is 0 Å². The number of aliphatic hydroxyl groups excluding tert-OH is 1. The number of aromatic nitrogens is 5. The highest BCUT2D eigenvalue weighted by Gasteiger charge is 2.30. The van der Waals surface area contributed by atoms with E-state index in [2.05, 4.69) is 19.9 Å². The van der Waals surface area contributed by atoms with Gasteiger partial charge < -0.3 is 20.1 Å². The molecular formula is C25H23F3N6O2. The van der Waals surface area contributed by atoms with Gasteiger partial charge in [0.25, 0.3) is 6.43 Å². The molecule has 0 spiro atoms. The van der Waals surface area contributed by atoms with Gasteiger partial charge in [-0.2, -0.15) is 4.98 Å². The van der Waals surface area contributed by atoms with Crippen molar-refractivity contribution in [2.45, 2.75) is 44.9 Å². The summed E-state index contributed by atoms with van der Waals surface area (Å²) < 4.78 is 48.8. The zero-order valence-corrected chi connectivity index (χ0v) is 19.3. The summed E-state index contributed by atoms with van der Waals surface area (Å²) in [5.41, 5.74) is 7.44. The molecule has 0 atom stereocenters. The number of nitrogen functional groups attached to an aromatic ring is 1. The summed E-state index contributed by atoms with van der Waals surface area (Å²) in [6, 6.07) is 8.55. The minimum Gasteiger partial charge on any atom is -0.469 e. The molecule has 8 nitrogen and oxygen atoms in total. The van der Waals surface area contributed by atoms with Crippen molar-refractivity contribution >= 4 is 5.95 Å². The van der Waals surface area contributed by atoms with Gasteiger partial charge in [0.1, 0.15) is 23.9 Å². The molecule has 1 aliphatic rings. The molecule has 4 aromatic rings. The third-order valence-electron chi connectivity index (χ3n) is 6.06. The van der Waals surface area contributed by atoms with E-state index in [1.54, 1.807) is 19.2 Å². The maximum absolute atomic E-state index is 13.6. The number of benzene rings is 1. The highest BCUT2D eigenvalue weighted by Crippen LogP contribution is 2.39. The molecule has 3 aromatic heterocycles. The molecule has 0 unspecified atom stereocenters. The highest BCUT2D eigenvalue weighted by atomic mass is 19.3. The molecule has 3 N–H and O–H groups in total. The SMILES string of the molecule is Cc1cc(-c2c(OCc3nccn3[C@H]3C[C@@H](O)C3)nc(N)nc2-c2ccc(F)cc2)cc(C(F)F)n1. The van der Waals surface area contributed by atoms with Crippen LogP contribution in [0.5, 0.6) is 5.88 Å². The van der Waals surface area contributed by atoms with Gasteiger partial charge >= 0.3 is 0 Å². The highest BCUT2D eigenvalue weighted by molar-refractivity contribution is 5.85. The van der Waals surface area contributed by atoms with E-state index in [0.29, 0.717) is 46.7 Å². The van der Waals surface area contributed by atoms with Crippen LogP contribution in [0.2, 0.25) is 0 Å². The first-order valence-corrected chi connectivity index (χ1v) is 11.3. The predicted octanol–water partition coefficient (Wildman–Crippen LogP) is 4.64. The van der Waals surface area contributed by atoms with Crippen LogP contribution in [-0.2, 0) is 6.61 Å². The number of nitrogens with two attached hydrogens (primary N) is 1. The van der Waals surface area contributed by atoms with Crippen LogP contribution in [0.1, 0.15) is 42.5 Å². The second-order valence-corrected chi connectivity index (χ2v) is 8.66. The van der Waals surface area contributed by atoms with Crippen LogP contribution in [0.4, 0.5) is 19.1 Å². The Labute approximate surface area is 204 Å². The Bertz CT molecular complexity index is 1390. The van der Waals surface area contributed by atoms with E-state index in [0.717, 1.165) is 0 Å². The molecule has 3 heterocycles. The summed E-state index contributed by atoms with van der Waals surface area (Å²) in [7, 11) is 0. The monoisotopic (exact) mass is 496 g/mol. The Kier molecular flexibility index (Phi) is 6.31. The lowest BCUT2D eigenvalue weighted by atomic mass is 9.89. The van der Waals surface area contributed by atoms with Gasteiger partial charge in [-0.05, 0) is 61.7 Å². The molecule has 0 amide bonds. The molecule has 11 heteroatoms. The first-order valence-electron chi connectivity index (χ1n) is 11.3. The number of ether oxygens (including phenoxy) is 1. The fourth-order valence-electron chi connectivity index (χ4n) is 4.30. The molecule has 0 aliphatic heterocycles. The summed E-state index contributed by atoms with van der Waals surface area (Å²) in [4.78, 5) is 16.9. The third kappa shape index (κ3) is 4.74. The van der Waals surface area contributed by atoms with Crippen molar-refractivity contribution < 1.29 is 23.0 Å². The van der Waals surface area contributed by atoms with E-state index in [1.807, 2.05) is 10.8 Å². The molecule has 1 aromatic carbocycles. The number of rotatable bonds is 7. The zero-order valence-electron chi connectivity index (χ0n) is 19.3. The molecule has 0 saturated heterocycles. The van der Waals surface area contributed by atoms with Gasteiger partial charge in [0.2, 0.25) is 11.8 Å². The number of aryl methyl sites for hydroxylation is 1. The minimum atomic E-state index is -2.79. The Morgan fingerprint density at radius 3 is 2.56 bits per heavy atom. The van der Waals surface area contributed by atoms with E-state index in [4.69, 9.17) is 10.5 Å². The quantitative estimate of drug-likeness (QED) is 0.383. The lowest BCUT2D eigenvalue weighted by molar-refractivity contribution is 0.0460. The largest absolute Gasteiger partial charge is 0.469 e. The first kappa shape index (κ1) is 23.7. The van der Waals surface area contributed by atoms with Gasteiger partial charge in [0.05, 0.1) is 17.4 Å². The number of hydrogen-bond donors (Lipinski definition) is 2. The average Bonchev–Trinajstić information content (AvgIpc) is 3.28. The maximum atomic E-state index is 13.6. The van der Waals surface area contributed by atoms with Crippen LogP contribution >= 0.6 is 0 Å². The van der Waals surface area contributed by atoms with E-state index >= 15 is 0 Å². The summed E-state index contributed by atoms with van der Waals surface area (Å²) in [5, 5.41) is 9.67. The fourth-order valence-corrected chi connectivity index (χ4v) is 4.30. The van der Waals surface area contributed by atoms with Crippen molar-refractivity contribution in [3.8, 4) is 28.3 Å². The standard InChI is InChI=1S/C25H23F3N6O2/c1-13-8-15(9-19(31-13)23(27)28)21-22(14-2-4-16(26)5-3-14)32-25(29)33-24(21)36-12-20-30-6-7-34(20)17-10-18(35)11-17/h2-9,17-18,23,35H,10-12H2,1H3,(H2,29,32,33)/t17-,18+. The van der Waals surface area contributed by atoms with Crippen molar-refractivity contribution in [2.75, 3.05) is 5.73 Å². The Hall–Kier alpha value is -3.99. The van der Waals surface area contributed by atoms with Crippen LogP contribution in [0, 0.1) is 12.7 Å². The Morgan fingerprint density at radius 1 is 1.11 bits per heavy atom. The van der Waals surface area contributed by atoms with Crippen LogP contribution in [0.3, 0.4) is 0 Å². The van der Waals surface area contributed by atoms with Gasteiger partial charge in [-0.25, -0.2) is 23.1 Å². The van der Waals surface area contributed by atoms with Gasteiger partial charge in [-0.1, -0.05) is 0 Å². The van der Waals surface area contributed by atoms with E-state index < -0.39 is 17.9 Å². The van der Waals surface area contributed by atoms with E-state index in [-0.39, 0.29) is 30.6 Å². The second kappa shape index (κ2) is 9.57. The molecular weight excluding hydrogens is 473 g/mol. The number of anilines is 1. The number of aliphatic hydroxyl groups is 1. The van der Waals surface area contributed by atoms with Gasteiger partial charge in [-0.15, -0.1) is 0 Å². The number of alkyl halides is 2. The predicted molar refractivity (Wildman–Crippen MR) is 126 cm³/mol. The third-order valence-corrected chi connectivity index (χ3v) is 6.06. The van der Waals surface area contributed by atoms with Crippen LogP contribution < -0.4 is 10.5 Å². The topological polar surface area (TPSA) is 112 Å². The average molecular weight is 496 g/mol. The Balaban J connectivity index is 1.60. The number of nitrogens with zero attached hydrogens (tertiary/aromatic N) is 5. The lowest BCUT2D eigenvalue weighted by Gasteiger charge is -2.33. The Morgan fingerprint density at radius 2 is 1.86 bits per heavy atom. The molecule has 1 aliphatic carbocycles. The molecule has 186 valence electrons. The molecule has 1 saturated carbocycles. The number of imidazole rings is 1. The van der Waals surface area contributed by atoms with Gasteiger partial charge in [-0.3, -0.25) is 4.98 Å². The minimum absolute atomic E-state index is 0.0116. The number of pyridine rings is 1. The lowest BCUT2D eigenvalue weighted by Crippen LogP contribution is -2.31. The smallest absolute Gasteiger partial charge is 0.280 e. The summed E-state index contributed by atoms with van der Waals surface area (Å²) in [6.45, 7) is 1.62. The first-order chi connectivity index (χ1) is 17.3. The second-order valence-electron chi connectivity index (χ2n) is 8.66. The molecule has 1 fully saturated rings. The van der Waals surface area contributed by atoms with Crippen molar-refractivity contribution in [1.29, 1.82) is 0 Å². The van der Waals surface area contributed by atoms with Crippen LogP contribution in [0.15, 0.2) is 48.8 Å². The van der Waals surface area contributed by atoms with E-state index in [1.165, 1.54) is 30.3 Å². The summed E-state index contributed by atoms with van der Waals surface area (Å²) in [5.74, 6) is 0.137. The maximum Gasteiger partial charge on any atom is 0.280 e. The molecule has 0 radical (unpaired) electrons. The molecule has 36 heavy (non-hydrogen) atoms. The van der Waals surface area contributed by atoms with Gasteiger partial charge in [0.15, 0.2) is 0 Å². The fraction of sp³-hybridized carbons (Fsp3) is 0.280. The normalized spacial score (nSPS) is 17.3. The van der Waals surface area contributed by atoms with Crippen molar-refractivity contribution in [3.63, 3.8) is 0 Å². The van der Waals surface area contributed by atoms with Crippen molar-refractivity contribution in [1.82, 2.24) is 24.5 Å². The summed E-state index contributed by atoms with van der Waals surface area (Å²) >= 11 is 0.